The Balaban J connectivity index is 2.12. The molecule has 0 amide bonds. The molecule has 1 aliphatic heterocycles. The monoisotopic (exact) mass is 299 g/mol. The molecule has 1 heterocycles. The summed E-state index contributed by atoms with van der Waals surface area (Å²) in [6.45, 7) is 1.51. The van der Waals surface area contributed by atoms with Gasteiger partial charge in [0, 0.05) is 18.7 Å². The van der Waals surface area contributed by atoms with Gasteiger partial charge in [-0.2, -0.15) is 0 Å². The summed E-state index contributed by atoms with van der Waals surface area (Å²) in [6.07, 6.45) is 3.19. The summed E-state index contributed by atoms with van der Waals surface area (Å²) in [5, 5.41) is 1.75. The summed E-state index contributed by atoms with van der Waals surface area (Å²) in [5.41, 5.74) is 6.14. The van der Waals surface area contributed by atoms with Crippen molar-refractivity contribution >= 4 is 27.2 Å². The summed E-state index contributed by atoms with van der Waals surface area (Å²) in [6, 6.07) is 6.27. The highest BCUT2D eigenvalue weighted by Crippen LogP contribution is 2.13. The zero-order chi connectivity index (χ0) is 13.9. The molecule has 0 saturated carbocycles. The Hall–Kier alpha value is -1.02. The number of thiocarbonyl (C=S) groups is 1. The van der Waals surface area contributed by atoms with Gasteiger partial charge in [-0.3, -0.25) is 0 Å². The van der Waals surface area contributed by atoms with Gasteiger partial charge in [0.15, 0.2) is 0 Å². The number of sulfonamides is 1. The minimum atomic E-state index is -3.51. The van der Waals surface area contributed by atoms with E-state index in [0.29, 0.717) is 5.56 Å². The topological polar surface area (TPSA) is 75.4 Å². The van der Waals surface area contributed by atoms with Crippen molar-refractivity contribution in [1.82, 2.24) is 9.84 Å². The van der Waals surface area contributed by atoms with Gasteiger partial charge in [0.25, 0.3) is 10.0 Å². The highest BCUT2D eigenvalue weighted by Gasteiger charge is 2.19. The van der Waals surface area contributed by atoms with E-state index in [-0.39, 0.29) is 9.88 Å². The van der Waals surface area contributed by atoms with Gasteiger partial charge in [-0.25, -0.2) is 13.4 Å². The maximum Gasteiger partial charge on any atom is 0.253 e. The van der Waals surface area contributed by atoms with Gasteiger partial charge in [0.1, 0.15) is 4.99 Å². The molecule has 0 aromatic heterocycles. The minimum absolute atomic E-state index is 0.220. The molecule has 3 N–H and O–H groups in total. The van der Waals surface area contributed by atoms with E-state index in [2.05, 4.69) is 4.83 Å². The van der Waals surface area contributed by atoms with Crippen LogP contribution in [0.4, 0.5) is 0 Å². The Morgan fingerprint density at radius 1 is 1.16 bits per heavy atom. The van der Waals surface area contributed by atoms with E-state index in [0.717, 1.165) is 32.4 Å². The molecule has 0 radical (unpaired) electrons. The van der Waals surface area contributed by atoms with Crippen molar-refractivity contribution < 1.29 is 8.42 Å². The number of nitrogens with zero attached hydrogens (tertiary/aromatic N) is 1. The van der Waals surface area contributed by atoms with E-state index in [1.807, 2.05) is 0 Å². The first kappa shape index (κ1) is 14.4. The molecule has 0 bridgehead atoms. The fourth-order valence-corrected chi connectivity index (χ4v) is 3.26. The Morgan fingerprint density at radius 2 is 1.74 bits per heavy atom. The molecular weight excluding hydrogens is 282 g/mol. The van der Waals surface area contributed by atoms with Gasteiger partial charge >= 0.3 is 0 Å². The molecule has 1 saturated heterocycles. The highest BCUT2D eigenvalue weighted by atomic mass is 32.2. The van der Waals surface area contributed by atoms with E-state index < -0.39 is 10.0 Å². The second kappa shape index (κ2) is 5.96. The first-order valence-electron chi connectivity index (χ1n) is 6.16. The third kappa shape index (κ3) is 3.73. The van der Waals surface area contributed by atoms with Gasteiger partial charge in [0.2, 0.25) is 0 Å². The zero-order valence-electron chi connectivity index (χ0n) is 10.5. The number of hydrogen-bond acceptors (Lipinski definition) is 4. The summed E-state index contributed by atoms with van der Waals surface area (Å²) in [4.78, 5) is 3.08. The summed E-state index contributed by atoms with van der Waals surface area (Å²) >= 11 is 4.83. The maximum atomic E-state index is 12.2. The standard InChI is InChI=1S/C12H17N3O2S2/c13-12(18)10-4-6-11(7-5-10)19(16,17)14-15-8-2-1-3-9-15/h4-7,14H,1-3,8-9H2,(H2,13,18). The molecule has 1 aliphatic rings. The smallest absolute Gasteiger partial charge is 0.253 e. The lowest BCUT2D eigenvalue weighted by molar-refractivity contribution is 0.200. The molecule has 19 heavy (non-hydrogen) atoms. The van der Waals surface area contributed by atoms with Crippen molar-refractivity contribution in [3.8, 4) is 0 Å². The molecule has 1 aromatic rings. The molecule has 0 spiro atoms. The lowest BCUT2D eigenvalue weighted by atomic mass is 10.2. The molecule has 0 unspecified atom stereocenters. The van der Waals surface area contributed by atoms with Crippen LogP contribution in [0.15, 0.2) is 29.2 Å². The highest BCUT2D eigenvalue weighted by molar-refractivity contribution is 7.89. The molecule has 0 aliphatic carbocycles. The van der Waals surface area contributed by atoms with Crippen molar-refractivity contribution in [3.05, 3.63) is 29.8 Å². The quantitative estimate of drug-likeness (QED) is 0.811. The maximum absolute atomic E-state index is 12.2. The van der Waals surface area contributed by atoms with Crippen LogP contribution >= 0.6 is 12.2 Å². The van der Waals surface area contributed by atoms with Gasteiger partial charge < -0.3 is 5.73 Å². The Morgan fingerprint density at radius 3 is 2.26 bits per heavy atom. The summed E-state index contributed by atoms with van der Waals surface area (Å²) in [7, 11) is -3.51. The third-order valence-electron chi connectivity index (χ3n) is 3.05. The van der Waals surface area contributed by atoms with Crippen molar-refractivity contribution in [2.45, 2.75) is 24.2 Å². The van der Waals surface area contributed by atoms with Crippen molar-refractivity contribution in [1.29, 1.82) is 0 Å². The fraction of sp³-hybridized carbons (Fsp3) is 0.417. The van der Waals surface area contributed by atoms with E-state index in [1.165, 1.54) is 12.1 Å². The molecule has 1 fully saturated rings. The normalized spacial score (nSPS) is 17.3. The molecular formula is C12H17N3O2S2. The van der Waals surface area contributed by atoms with Crippen LogP contribution < -0.4 is 10.6 Å². The van der Waals surface area contributed by atoms with Crippen LogP contribution in [0.1, 0.15) is 24.8 Å². The minimum Gasteiger partial charge on any atom is -0.389 e. The van der Waals surface area contributed by atoms with Crippen LogP contribution in [0.3, 0.4) is 0 Å². The van der Waals surface area contributed by atoms with Crippen LogP contribution in [0.5, 0.6) is 0 Å². The van der Waals surface area contributed by atoms with Gasteiger partial charge in [0.05, 0.1) is 4.90 Å². The molecule has 2 rings (SSSR count). The second-order valence-corrected chi connectivity index (χ2v) is 6.63. The lowest BCUT2D eigenvalue weighted by Crippen LogP contribution is -2.44. The third-order valence-corrected chi connectivity index (χ3v) is 4.68. The average molecular weight is 299 g/mol. The SMILES string of the molecule is NC(=S)c1ccc(S(=O)(=O)NN2CCCCC2)cc1. The largest absolute Gasteiger partial charge is 0.389 e. The number of hydrazine groups is 1. The number of rotatable bonds is 4. The van der Waals surface area contributed by atoms with E-state index >= 15 is 0 Å². The Bertz CT molecular complexity index is 549. The molecule has 104 valence electrons. The van der Waals surface area contributed by atoms with Crippen LogP contribution in [0.25, 0.3) is 0 Å². The molecule has 0 atom stereocenters. The van der Waals surface area contributed by atoms with Crippen LogP contribution in [-0.4, -0.2) is 31.5 Å². The molecule has 1 aromatic carbocycles. The average Bonchev–Trinajstić information content (AvgIpc) is 2.39. The van der Waals surface area contributed by atoms with Gasteiger partial charge in [-0.15, -0.1) is 4.83 Å². The van der Waals surface area contributed by atoms with E-state index in [4.69, 9.17) is 18.0 Å². The fourth-order valence-electron chi connectivity index (χ4n) is 2.01. The van der Waals surface area contributed by atoms with Crippen molar-refractivity contribution in [3.63, 3.8) is 0 Å². The Labute approximate surface area is 118 Å². The predicted molar refractivity (Wildman–Crippen MR) is 78.1 cm³/mol. The van der Waals surface area contributed by atoms with E-state index in [9.17, 15) is 8.42 Å². The summed E-state index contributed by atoms with van der Waals surface area (Å²) in [5.74, 6) is 0. The van der Waals surface area contributed by atoms with Gasteiger partial charge in [-0.05, 0) is 25.0 Å². The van der Waals surface area contributed by atoms with Crippen LogP contribution in [0, 0.1) is 0 Å². The van der Waals surface area contributed by atoms with Crippen molar-refractivity contribution in [2.24, 2.45) is 5.73 Å². The second-order valence-electron chi connectivity index (χ2n) is 4.53. The Kier molecular flexibility index (Phi) is 4.51. The predicted octanol–water partition coefficient (Wildman–Crippen LogP) is 1.000. The summed E-state index contributed by atoms with van der Waals surface area (Å²) < 4.78 is 24.3. The van der Waals surface area contributed by atoms with Crippen LogP contribution in [-0.2, 0) is 10.0 Å². The van der Waals surface area contributed by atoms with E-state index in [1.54, 1.807) is 17.1 Å². The first-order chi connectivity index (χ1) is 8.99. The van der Waals surface area contributed by atoms with Crippen LogP contribution in [0.2, 0.25) is 0 Å². The number of benzene rings is 1. The van der Waals surface area contributed by atoms with Crippen molar-refractivity contribution in [2.75, 3.05) is 13.1 Å². The first-order valence-corrected chi connectivity index (χ1v) is 8.05. The number of nitrogens with two attached hydrogens (primary N) is 1. The number of nitrogens with one attached hydrogen (secondary N) is 1. The molecule has 7 heteroatoms. The number of hydrogen-bond donors (Lipinski definition) is 2. The zero-order valence-corrected chi connectivity index (χ0v) is 12.1. The lowest BCUT2D eigenvalue weighted by Gasteiger charge is -2.26. The number of piperidine rings is 1. The van der Waals surface area contributed by atoms with Gasteiger partial charge in [-0.1, -0.05) is 30.8 Å². The molecule has 5 nitrogen and oxygen atoms in total.